The van der Waals surface area contributed by atoms with Gasteiger partial charge in [-0.25, -0.2) is 9.99 Å². The number of nitrogens with one attached hydrogen (secondary N) is 1. The Balaban J connectivity index is 2.13. The van der Waals surface area contributed by atoms with Crippen LogP contribution < -0.4 is 5.43 Å². The van der Waals surface area contributed by atoms with Gasteiger partial charge in [-0.1, -0.05) is 0 Å². The molecule has 1 N–H and O–H groups in total. The summed E-state index contributed by atoms with van der Waals surface area (Å²) in [5.41, 5.74) is 4.91. The molecule has 3 nitrogen and oxygen atoms in total. The van der Waals surface area contributed by atoms with Gasteiger partial charge in [0.2, 0.25) is 5.95 Å². The Hall–Kier alpha value is -1.00. The summed E-state index contributed by atoms with van der Waals surface area (Å²) in [6.45, 7) is 3.78. The zero-order valence-electron chi connectivity index (χ0n) is 9.13. The standard InChI is InChI=1S/C11H16FN3/c1-8-5-10(6-14-11(8)12)9-3-4-15(7-9)13-2/h5-6,9,13H,3-4,7H2,1-2H3/t9-/m1/s1. The third-order valence-corrected chi connectivity index (χ3v) is 3.01. The molecule has 2 heterocycles. The molecule has 0 bridgehead atoms. The first-order valence-corrected chi connectivity index (χ1v) is 5.25. The molecule has 0 aliphatic carbocycles. The van der Waals surface area contributed by atoms with Crippen molar-refractivity contribution in [2.75, 3.05) is 20.1 Å². The van der Waals surface area contributed by atoms with E-state index in [1.807, 2.05) is 13.1 Å². The summed E-state index contributed by atoms with van der Waals surface area (Å²) in [6, 6.07) is 1.91. The minimum Gasteiger partial charge on any atom is -0.258 e. The van der Waals surface area contributed by atoms with Gasteiger partial charge in [-0.15, -0.1) is 0 Å². The van der Waals surface area contributed by atoms with E-state index in [4.69, 9.17) is 0 Å². The van der Waals surface area contributed by atoms with Gasteiger partial charge in [-0.3, -0.25) is 5.43 Å². The van der Waals surface area contributed by atoms with Gasteiger partial charge < -0.3 is 0 Å². The molecule has 0 radical (unpaired) electrons. The molecular weight excluding hydrogens is 193 g/mol. The highest BCUT2D eigenvalue weighted by molar-refractivity contribution is 5.22. The van der Waals surface area contributed by atoms with E-state index in [-0.39, 0.29) is 5.95 Å². The van der Waals surface area contributed by atoms with Crippen LogP contribution in [0.15, 0.2) is 12.3 Å². The Kier molecular flexibility index (Phi) is 2.98. The first-order chi connectivity index (χ1) is 7.20. The van der Waals surface area contributed by atoms with Gasteiger partial charge in [0.25, 0.3) is 0 Å². The number of halogens is 1. The molecule has 4 heteroatoms. The van der Waals surface area contributed by atoms with Gasteiger partial charge in [0.1, 0.15) is 0 Å². The number of rotatable bonds is 2. The molecule has 0 unspecified atom stereocenters. The average molecular weight is 209 g/mol. The lowest BCUT2D eigenvalue weighted by molar-refractivity contribution is 0.258. The minimum absolute atomic E-state index is 0.359. The molecule has 1 aromatic rings. The maximum Gasteiger partial charge on any atom is 0.215 e. The van der Waals surface area contributed by atoms with Gasteiger partial charge in [0.15, 0.2) is 0 Å². The third-order valence-electron chi connectivity index (χ3n) is 3.01. The minimum atomic E-state index is -0.359. The fourth-order valence-electron chi connectivity index (χ4n) is 2.04. The second-order valence-corrected chi connectivity index (χ2v) is 4.03. The van der Waals surface area contributed by atoms with Crippen molar-refractivity contribution < 1.29 is 4.39 Å². The van der Waals surface area contributed by atoms with E-state index in [9.17, 15) is 4.39 Å². The molecule has 0 spiro atoms. The zero-order chi connectivity index (χ0) is 10.8. The molecule has 0 saturated carbocycles. The number of aromatic nitrogens is 1. The lowest BCUT2D eigenvalue weighted by Crippen LogP contribution is -2.32. The molecule has 1 aliphatic rings. The Labute approximate surface area is 89.3 Å². The predicted molar refractivity (Wildman–Crippen MR) is 56.9 cm³/mol. The van der Waals surface area contributed by atoms with Gasteiger partial charge in [-0.05, 0) is 32.0 Å². The van der Waals surface area contributed by atoms with Crippen molar-refractivity contribution >= 4 is 0 Å². The average Bonchev–Trinajstić information content (AvgIpc) is 2.70. The van der Waals surface area contributed by atoms with Crippen molar-refractivity contribution in [2.45, 2.75) is 19.3 Å². The van der Waals surface area contributed by atoms with E-state index in [2.05, 4.69) is 15.4 Å². The van der Waals surface area contributed by atoms with Crippen molar-refractivity contribution in [1.29, 1.82) is 0 Å². The number of aryl methyl sites for hydroxylation is 1. The number of hydrogen-bond acceptors (Lipinski definition) is 3. The van der Waals surface area contributed by atoms with Crippen LogP contribution in [0.2, 0.25) is 0 Å². The largest absolute Gasteiger partial charge is 0.258 e. The SMILES string of the molecule is CNN1CC[C@@H](c2cnc(F)c(C)c2)C1. The quantitative estimate of drug-likeness (QED) is 0.747. The monoisotopic (exact) mass is 209 g/mol. The van der Waals surface area contributed by atoms with Crippen LogP contribution in [0.4, 0.5) is 4.39 Å². The Morgan fingerprint density at radius 2 is 2.40 bits per heavy atom. The molecule has 1 atom stereocenters. The molecular formula is C11H16FN3. The van der Waals surface area contributed by atoms with E-state index in [0.717, 1.165) is 25.1 Å². The first kappa shape index (κ1) is 10.5. The molecule has 1 aromatic heterocycles. The van der Waals surface area contributed by atoms with Crippen molar-refractivity contribution in [1.82, 2.24) is 15.4 Å². The van der Waals surface area contributed by atoms with Crippen LogP contribution in [-0.2, 0) is 0 Å². The Morgan fingerprint density at radius 3 is 3.00 bits per heavy atom. The fourth-order valence-corrected chi connectivity index (χ4v) is 2.04. The summed E-state index contributed by atoms with van der Waals surface area (Å²) in [6.07, 6.45) is 2.76. The zero-order valence-corrected chi connectivity index (χ0v) is 9.13. The van der Waals surface area contributed by atoms with Crippen LogP contribution in [0.5, 0.6) is 0 Å². The summed E-state index contributed by atoms with van der Waals surface area (Å²) < 4.78 is 13.0. The highest BCUT2D eigenvalue weighted by atomic mass is 19.1. The van der Waals surface area contributed by atoms with Crippen LogP contribution >= 0.6 is 0 Å². The Bertz CT molecular complexity index is 354. The number of hydrogen-bond donors (Lipinski definition) is 1. The molecule has 0 amide bonds. The molecule has 1 fully saturated rings. The second kappa shape index (κ2) is 4.24. The normalized spacial score (nSPS) is 22.2. The van der Waals surface area contributed by atoms with E-state index < -0.39 is 0 Å². The van der Waals surface area contributed by atoms with Gasteiger partial charge in [-0.2, -0.15) is 4.39 Å². The van der Waals surface area contributed by atoms with Crippen molar-refractivity contribution in [3.8, 4) is 0 Å². The summed E-state index contributed by atoms with van der Waals surface area (Å²) in [5.74, 6) is 0.117. The lowest BCUT2D eigenvalue weighted by atomic mass is 9.99. The van der Waals surface area contributed by atoms with Gasteiger partial charge in [0, 0.05) is 30.8 Å². The number of hydrazine groups is 1. The maximum atomic E-state index is 13.0. The highest BCUT2D eigenvalue weighted by Gasteiger charge is 2.23. The number of pyridine rings is 1. The highest BCUT2D eigenvalue weighted by Crippen LogP contribution is 2.26. The summed E-state index contributed by atoms with van der Waals surface area (Å²) in [5, 5.41) is 2.17. The Morgan fingerprint density at radius 1 is 1.60 bits per heavy atom. The molecule has 1 saturated heterocycles. The lowest BCUT2D eigenvalue weighted by Gasteiger charge is -2.14. The van der Waals surface area contributed by atoms with Crippen LogP contribution in [0.3, 0.4) is 0 Å². The third kappa shape index (κ3) is 2.16. The first-order valence-electron chi connectivity index (χ1n) is 5.25. The van der Waals surface area contributed by atoms with E-state index >= 15 is 0 Å². The second-order valence-electron chi connectivity index (χ2n) is 4.03. The molecule has 82 valence electrons. The summed E-state index contributed by atoms with van der Waals surface area (Å²) >= 11 is 0. The van der Waals surface area contributed by atoms with E-state index in [1.54, 1.807) is 13.1 Å². The molecule has 0 aromatic carbocycles. The van der Waals surface area contributed by atoms with Crippen LogP contribution in [-0.4, -0.2) is 30.1 Å². The molecule has 15 heavy (non-hydrogen) atoms. The molecule has 1 aliphatic heterocycles. The smallest absolute Gasteiger partial charge is 0.215 e. The van der Waals surface area contributed by atoms with Gasteiger partial charge in [0.05, 0.1) is 0 Å². The summed E-state index contributed by atoms with van der Waals surface area (Å²) in [4.78, 5) is 3.77. The van der Waals surface area contributed by atoms with Crippen molar-refractivity contribution in [2.24, 2.45) is 0 Å². The topological polar surface area (TPSA) is 28.2 Å². The number of nitrogens with zero attached hydrogens (tertiary/aromatic N) is 2. The van der Waals surface area contributed by atoms with Crippen LogP contribution in [0, 0.1) is 12.9 Å². The fraction of sp³-hybridized carbons (Fsp3) is 0.545. The van der Waals surface area contributed by atoms with Gasteiger partial charge >= 0.3 is 0 Å². The van der Waals surface area contributed by atoms with Crippen LogP contribution in [0.25, 0.3) is 0 Å². The predicted octanol–water partition coefficient (Wildman–Crippen LogP) is 1.45. The van der Waals surface area contributed by atoms with Crippen LogP contribution in [0.1, 0.15) is 23.5 Å². The van der Waals surface area contributed by atoms with E-state index in [1.165, 1.54) is 0 Å². The van der Waals surface area contributed by atoms with E-state index in [0.29, 0.717) is 11.5 Å². The molecule has 2 rings (SSSR count). The maximum absolute atomic E-state index is 13.0. The van der Waals surface area contributed by atoms with Crippen molar-refractivity contribution in [3.05, 3.63) is 29.3 Å². The summed E-state index contributed by atoms with van der Waals surface area (Å²) in [7, 11) is 1.93. The van der Waals surface area contributed by atoms with Crippen molar-refractivity contribution in [3.63, 3.8) is 0 Å².